The van der Waals surface area contributed by atoms with Crippen LogP contribution in [0.1, 0.15) is 16.5 Å². The number of hydrogen-bond donors (Lipinski definition) is 1. The van der Waals surface area contributed by atoms with E-state index in [4.69, 9.17) is 9.47 Å². The first kappa shape index (κ1) is 19.7. The van der Waals surface area contributed by atoms with E-state index in [0.29, 0.717) is 37.6 Å². The fourth-order valence-electron chi connectivity index (χ4n) is 3.27. The van der Waals surface area contributed by atoms with Gasteiger partial charge in [-0.15, -0.1) is 11.3 Å². The van der Waals surface area contributed by atoms with Crippen molar-refractivity contribution in [3.63, 3.8) is 0 Å². The molecular formula is C20H26N2O4S. The average Bonchev–Trinajstić information content (AvgIpc) is 3.23. The van der Waals surface area contributed by atoms with Gasteiger partial charge in [-0.25, -0.2) is 0 Å². The molecule has 1 N–H and O–H groups in total. The van der Waals surface area contributed by atoms with Gasteiger partial charge >= 0.3 is 0 Å². The summed E-state index contributed by atoms with van der Waals surface area (Å²) < 4.78 is 10.5. The normalized spacial score (nSPS) is 16.2. The molecule has 2 heterocycles. The largest absolute Gasteiger partial charge is 0.493 e. The molecule has 0 aliphatic carbocycles. The summed E-state index contributed by atoms with van der Waals surface area (Å²) in [5.74, 6) is 1.41. The summed E-state index contributed by atoms with van der Waals surface area (Å²) in [6.07, 6.45) is -0.114. The number of nitrogens with zero attached hydrogens (tertiary/aromatic N) is 2. The van der Waals surface area contributed by atoms with Gasteiger partial charge in [0.25, 0.3) is 0 Å². The van der Waals surface area contributed by atoms with Crippen molar-refractivity contribution in [2.45, 2.75) is 12.5 Å². The minimum Gasteiger partial charge on any atom is -0.493 e. The van der Waals surface area contributed by atoms with Gasteiger partial charge in [-0.1, -0.05) is 12.1 Å². The molecule has 3 rings (SSSR count). The van der Waals surface area contributed by atoms with Crippen LogP contribution < -0.4 is 9.47 Å². The summed E-state index contributed by atoms with van der Waals surface area (Å²) in [6.45, 7) is 3.53. The van der Waals surface area contributed by atoms with Gasteiger partial charge in [-0.05, 0) is 29.1 Å². The molecule has 146 valence electrons. The number of aliphatic hydroxyl groups excluding tert-OH is 1. The highest BCUT2D eigenvalue weighted by Gasteiger charge is 2.23. The van der Waals surface area contributed by atoms with Crippen LogP contribution in [-0.2, 0) is 11.2 Å². The third-order valence-electron chi connectivity index (χ3n) is 4.83. The smallest absolute Gasteiger partial charge is 0.227 e. The molecule has 1 aliphatic heterocycles. The van der Waals surface area contributed by atoms with Crippen molar-refractivity contribution in [1.82, 2.24) is 9.80 Å². The number of aliphatic hydroxyl groups is 1. The van der Waals surface area contributed by atoms with Gasteiger partial charge in [0.1, 0.15) is 6.10 Å². The Labute approximate surface area is 163 Å². The van der Waals surface area contributed by atoms with Crippen LogP contribution in [0.4, 0.5) is 0 Å². The van der Waals surface area contributed by atoms with Gasteiger partial charge < -0.3 is 19.5 Å². The van der Waals surface area contributed by atoms with E-state index in [1.807, 2.05) is 40.6 Å². The maximum atomic E-state index is 12.6. The Kier molecular flexibility index (Phi) is 6.71. The van der Waals surface area contributed by atoms with Crippen LogP contribution in [0.5, 0.6) is 11.5 Å². The molecule has 0 spiro atoms. The van der Waals surface area contributed by atoms with Crippen LogP contribution in [0, 0.1) is 0 Å². The summed E-state index contributed by atoms with van der Waals surface area (Å²) in [5, 5.41) is 12.3. The molecule has 1 aliphatic rings. The van der Waals surface area contributed by atoms with E-state index in [1.54, 1.807) is 25.6 Å². The predicted octanol–water partition coefficient (Wildman–Crippen LogP) is 2.19. The molecular weight excluding hydrogens is 364 g/mol. The number of β-amino-alcohol motifs (C(OH)–C–C–N with tert-alkyl or cyclic N) is 1. The fraction of sp³-hybridized carbons (Fsp3) is 0.450. The van der Waals surface area contributed by atoms with Gasteiger partial charge in [0.15, 0.2) is 11.5 Å². The standard InChI is InChI=1S/C20H26N2O4S/c1-25-17-6-5-15(12-18(17)26-2)13-20(24)22-9-7-21(8-10-22)14-16(23)19-4-3-11-27-19/h3-6,11-12,16,23H,7-10,13-14H2,1-2H3. The molecule has 0 radical (unpaired) electrons. The quantitative estimate of drug-likeness (QED) is 0.785. The first-order valence-electron chi connectivity index (χ1n) is 9.03. The minimum absolute atomic E-state index is 0.112. The number of rotatable bonds is 7. The number of carbonyl (C=O) groups excluding carboxylic acids is 1. The summed E-state index contributed by atoms with van der Waals surface area (Å²) >= 11 is 1.57. The molecule has 1 aromatic carbocycles. The molecule has 7 heteroatoms. The van der Waals surface area contributed by atoms with E-state index in [9.17, 15) is 9.90 Å². The number of hydrogen-bond acceptors (Lipinski definition) is 6. The van der Waals surface area contributed by atoms with Crippen molar-refractivity contribution in [3.05, 3.63) is 46.2 Å². The van der Waals surface area contributed by atoms with Crippen LogP contribution >= 0.6 is 11.3 Å². The maximum Gasteiger partial charge on any atom is 0.227 e. The molecule has 1 atom stereocenters. The lowest BCUT2D eigenvalue weighted by Crippen LogP contribution is -2.49. The highest BCUT2D eigenvalue weighted by atomic mass is 32.1. The first-order valence-corrected chi connectivity index (χ1v) is 9.91. The molecule has 1 fully saturated rings. The molecule has 1 unspecified atom stereocenters. The Morgan fingerprint density at radius 2 is 1.89 bits per heavy atom. The van der Waals surface area contributed by atoms with Crippen molar-refractivity contribution >= 4 is 17.2 Å². The average molecular weight is 391 g/mol. The zero-order valence-corrected chi connectivity index (χ0v) is 16.6. The molecule has 0 saturated carbocycles. The van der Waals surface area contributed by atoms with Gasteiger partial charge in [0.2, 0.25) is 5.91 Å². The van der Waals surface area contributed by atoms with Crippen molar-refractivity contribution in [1.29, 1.82) is 0 Å². The van der Waals surface area contributed by atoms with E-state index in [1.165, 1.54) is 0 Å². The Morgan fingerprint density at radius 3 is 2.52 bits per heavy atom. The number of ether oxygens (including phenoxy) is 2. The number of methoxy groups -OCH3 is 2. The molecule has 0 bridgehead atoms. The Hall–Kier alpha value is -2.09. The highest BCUT2D eigenvalue weighted by molar-refractivity contribution is 7.10. The fourth-order valence-corrected chi connectivity index (χ4v) is 3.98. The number of benzene rings is 1. The van der Waals surface area contributed by atoms with Gasteiger partial charge in [-0.2, -0.15) is 0 Å². The van der Waals surface area contributed by atoms with E-state index in [-0.39, 0.29) is 5.91 Å². The van der Waals surface area contributed by atoms with Crippen molar-refractivity contribution < 1.29 is 19.4 Å². The van der Waals surface area contributed by atoms with Gasteiger partial charge in [-0.3, -0.25) is 9.69 Å². The van der Waals surface area contributed by atoms with E-state index < -0.39 is 6.10 Å². The molecule has 1 aromatic heterocycles. The van der Waals surface area contributed by atoms with Gasteiger partial charge in [0, 0.05) is 37.6 Å². The van der Waals surface area contributed by atoms with Crippen LogP contribution in [-0.4, -0.2) is 67.8 Å². The Bertz CT molecular complexity index is 742. The first-order chi connectivity index (χ1) is 13.1. The molecule has 1 saturated heterocycles. The molecule has 1 amide bonds. The second-order valence-corrected chi connectivity index (χ2v) is 7.56. The van der Waals surface area contributed by atoms with E-state index >= 15 is 0 Å². The number of carbonyl (C=O) groups is 1. The lowest BCUT2D eigenvalue weighted by atomic mass is 10.1. The Morgan fingerprint density at radius 1 is 1.15 bits per heavy atom. The van der Waals surface area contributed by atoms with Crippen LogP contribution in [0.25, 0.3) is 0 Å². The maximum absolute atomic E-state index is 12.6. The SMILES string of the molecule is COc1ccc(CC(=O)N2CCN(CC(O)c3cccs3)CC2)cc1OC. The second-order valence-electron chi connectivity index (χ2n) is 6.58. The molecule has 6 nitrogen and oxygen atoms in total. The summed E-state index contributed by atoms with van der Waals surface area (Å²) in [7, 11) is 3.19. The second kappa shape index (κ2) is 9.21. The van der Waals surface area contributed by atoms with Gasteiger partial charge in [0.05, 0.1) is 20.6 Å². The molecule has 2 aromatic rings. The monoisotopic (exact) mass is 390 g/mol. The zero-order chi connectivity index (χ0) is 19.2. The van der Waals surface area contributed by atoms with E-state index in [2.05, 4.69) is 4.90 Å². The molecule has 27 heavy (non-hydrogen) atoms. The lowest BCUT2D eigenvalue weighted by molar-refractivity contribution is -0.132. The Balaban J connectivity index is 1.50. The third-order valence-corrected chi connectivity index (χ3v) is 5.80. The van der Waals surface area contributed by atoms with Crippen LogP contribution in [0.2, 0.25) is 0 Å². The summed E-state index contributed by atoms with van der Waals surface area (Å²) in [4.78, 5) is 17.7. The topological polar surface area (TPSA) is 62.2 Å². The lowest BCUT2D eigenvalue weighted by Gasteiger charge is -2.35. The van der Waals surface area contributed by atoms with Crippen LogP contribution in [0.15, 0.2) is 35.7 Å². The predicted molar refractivity (Wildman–Crippen MR) is 106 cm³/mol. The number of amides is 1. The summed E-state index contributed by atoms with van der Waals surface area (Å²) in [6, 6.07) is 9.48. The third kappa shape index (κ3) is 5.00. The minimum atomic E-state index is -0.459. The highest BCUT2D eigenvalue weighted by Crippen LogP contribution is 2.28. The summed E-state index contributed by atoms with van der Waals surface area (Å²) in [5.41, 5.74) is 0.910. The van der Waals surface area contributed by atoms with Crippen molar-refractivity contribution in [2.24, 2.45) is 0 Å². The number of thiophene rings is 1. The van der Waals surface area contributed by atoms with Crippen LogP contribution in [0.3, 0.4) is 0 Å². The van der Waals surface area contributed by atoms with Crippen molar-refractivity contribution in [3.8, 4) is 11.5 Å². The zero-order valence-electron chi connectivity index (χ0n) is 15.8. The van der Waals surface area contributed by atoms with E-state index in [0.717, 1.165) is 23.5 Å². The van der Waals surface area contributed by atoms with Crippen molar-refractivity contribution in [2.75, 3.05) is 46.9 Å². The number of piperazine rings is 1.